The van der Waals surface area contributed by atoms with Crippen molar-refractivity contribution in [3.63, 3.8) is 0 Å². The predicted octanol–water partition coefficient (Wildman–Crippen LogP) is 4.09. The summed E-state index contributed by atoms with van der Waals surface area (Å²) in [4.78, 5) is 6.84. The molecule has 0 aliphatic carbocycles. The molecule has 0 atom stereocenters. The number of methoxy groups -OCH3 is 2. The molecule has 2 aromatic rings. The van der Waals surface area contributed by atoms with E-state index in [4.69, 9.17) is 15.2 Å². The summed E-state index contributed by atoms with van der Waals surface area (Å²) in [6.45, 7) is 7.89. The van der Waals surface area contributed by atoms with E-state index in [1.54, 1.807) is 14.2 Å². The summed E-state index contributed by atoms with van der Waals surface area (Å²) in [5.41, 5.74) is 9.19. The zero-order chi connectivity index (χ0) is 19.6. The van der Waals surface area contributed by atoms with Gasteiger partial charge >= 0.3 is 0 Å². The summed E-state index contributed by atoms with van der Waals surface area (Å²) in [6.07, 6.45) is 0. The summed E-state index contributed by atoms with van der Waals surface area (Å²) in [5, 5.41) is 3.09. The van der Waals surface area contributed by atoms with Crippen molar-refractivity contribution in [3.05, 3.63) is 53.6 Å². The first-order valence-corrected chi connectivity index (χ1v) is 9.18. The molecule has 0 radical (unpaired) electrons. The maximum atomic E-state index is 6.06. The third-order valence-electron chi connectivity index (χ3n) is 4.39. The van der Waals surface area contributed by atoms with E-state index in [0.29, 0.717) is 23.9 Å². The maximum Gasteiger partial charge on any atom is 0.193 e. The summed E-state index contributed by atoms with van der Waals surface area (Å²) in [6, 6.07) is 13.9. The predicted molar refractivity (Wildman–Crippen MR) is 127 cm³/mol. The molecule has 28 heavy (non-hydrogen) atoms. The molecule has 0 aliphatic heterocycles. The second-order valence-electron chi connectivity index (χ2n) is 6.17. The van der Waals surface area contributed by atoms with Gasteiger partial charge in [0, 0.05) is 12.6 Å². The molecule has 0 aliphatic rings. The minimum absolute atomic E-state index is 0. The van der Waals surface area contributed by atoms with Crippen LogP contribution in [-0.4, -0.2) is 38.2 Å². The third-order valence-corrected chi connectivity index (χ3v) is 4.39. The molecule has 7 heteroatoms. The molecule has 0 spiro atoms. The first-order valence-electron chi connectivity index (χ1n) is 9.18. The Hall–Kier alpha value is -2.00. The van der Waals surface area contributed by atoms with E-state index in [1.807, 2.05) is 18.2 Å². The third kappa shape index (κ3) is 7.20. The number of halogens is 1. The topological polar surface area (TPSA) is 72.1 Å². The van der Waals surface area contributed by atoms with E-state index in [0.717, 1.165) is 30.9 Å². The van der Waals surface area contributed by atoms with Crippen molar-refractivity contribution in [2.24, 2.45) is 10.7 Å². The van der Waals surface area contributed by atoms with Gasteiger partial charge in [-0.2, -0.15) is 0 Å². The standard InChI is InChI=1S/C21H30N4O2.HI/c1-5-25(6-2)15-17-9-7-8-16(12-17)14-23-21(22)24-19-13-18(26-3)10-11-20(19)27-4;/h7-13H,5-6,14-15H2,1-4H3,(H3,22,23,24);1H. The number of rotatable bonds is 9. The fourth-order valence-electron chi connectivity index (χ4n) is 2.80. The van der Waals surface area contributed by atoms with Crippen LogP contribution >= 0.6 is 24.0 Å². The summed E-state index contributed by atoms with van der Waals surface area (Å²) >= 11 is 0. The molecule has 0 amide bonds. The van der Waals surface area contributed by atoms with Crippen molar-refractivity contribution in [2.45, 2.75) is 26.9 Å². The average molecular weight is 498 g/mol. The quantitative estimate of drug-likeness (QED) is 0.310. The van der Waals surface area contributed by atoms with Crippen molar-refractivity contribution in [1.29, 1.82) is 0 Å². The largest absolute Gasteiger partial charge is 0.497 e. The van der Waals surface area contributed by atoms with Crippen LogP contribution in [0.4, 0.5) is 5.69 Å². The van der Waals surface area contributed by atoms with Gasteiger partial charge in [0.25, 0.3) is 0 Å². The van der Waals surface area contributed by atoms with Crippen molar-refractivity contribution in [1.82, 2.24) is 4.90 Å². The highest BCUT2D eigenvalue weighted by atomic mass is 127. The van der Waals surface area contributed by atoms with Crippen LogP contribution in [0.15, 0.2) is 47.5 Å². The summed E-state index contributed by atoms with van der Waals surface area (Å²) in [7, 11) is 3.23. The van der Waals surface area contributed by atoms with Gasteiger partial charge < -0.3 is 20.5 Å². The minimum atomic E-state index is 0. The van der Waals surface area contributed by atoms with Crippen molar-refractivity contribution >= 4 is 35.6 Å². The van der Waals surface area contributed by atoms with Gasteiger partial charge in [-0.05, 0) is 36.3 Å². The van der Waals surface area contributed by atoms with Gasteiger partial charge in [-0.3, -0.25) is 4.90 Å². The molecule has 0 unspecified atom stereocenters. The molecule has 0 saturated heterocycles. The number of nitrogens with zero attached hydrogens (tertiary/aromatic N) is 2. The Labute approximate surface area is 185 Å². The summed E-state index contributed by atoms with van der Waals surface area (Å²) in [5.74, 6) is 1.72. The molecule has 0 bridgehead atoms. The SMILES string of the molecule is CCN(CC)Cc1cccc(CN=C(N)Nc2cc(OC)ccc2OC)c1.I. The van der Waals surface area contributed by atoms with Gasteiger partial charge in [-0.25, -0.2) is 4.99 Å². The second kappa shape index (κ2) is 12.5. The van der Waals surface area contributed by atoms with Crippen LogP contribution in [0.25, 0.3) is 0 Å². The Balaban J connectivity index is 0.00000392. The van der Waals surface area contributed by atoms with Crippen LogP contribution < -0.4 is 20.5 Å². The van der Waals surface area contributed by atoms with Crippen molar-refractivity contribution < 1.29 is 9.47 Å². The van der Waals surface area contributed by atoms with Crippen LogP contribution in [-0.2, 0) is 13.1 Å². The van der Waals surface area contributed by atoms with Gasteiger partial charge in [0.05, 0.1) is 26.5 Å². The number of guanidine groups is 1. The Kier molecular flexibility index (Phi) is 10.7. The van der Waals surface area contributed by atoms with E-state index in [2.05, 4.69) is 53.3 Å². The van der Waals surface area contributed by atoms with Gasteiger partial charge in [0.15, 0.2) is 5.96 Å². The molecule has 0 saturated carbocycles. The summed E-state index contributed by atoms with van der Waals surface area (Å²) < 4.78 is 10.6. The normalized spacial score (nSPS) is 11.1. The molecule has 0 aromatic heterocycles. The highest BCUT2D eigenvalue weighted by Crippen LogP contribution is 2.28. The van der Waals surface area contributed by atoms with Crippen LogP contribution in [0.1, 0.15) is 25.0 Å². The first-order chi connectivity index (χ1) is 13.1. The number of benzene rings is 2. The highest BCUT2D eigenvalue weighted by Gasteiger charge is 2.06. The Morgan fingerprint density at radius 1 is 1.04 bits per heavy atom. The molecule has 0 fully saturated rings. The molecule has 2 aromatic carbocycles. The molecule has 2 rings (SSSR count). The number of anilines is 1. The average Bonchev–Trinajstić information content (AvgIpc) is 2.70. The lowest BCUT2D eigenvalue weighted by molar-refractivity contribution is 0.296. The molecule has 6 nitrogen and oxygen atoms in total. The smallest absolute Gasteiger partial charge is 0.193 e. The van der Waals surface area contributed by atoms with Gasteiger partial charge in [-0.1, -0.05) is 38.1 Å². The zero-order valence-corrected chi connectivity index (χ0v) is 19.4. The number of nitrogens with one attached hydrogen (secondary N) is 1. The Morgan fingerprint density at radius 3 is 2.39 bits per heavy atom. The van der Waals surface area contributed by atoms with Crippen molar-refractivity contribution in [3.8, 4) is 11.5 Å². The van der Waals surface area contributed by atoms with Gasteiger partial charge in [0.2, 0.25) is 0 Å². The highest BCUT2D eigenvalue weighted by molar-refractivity contribution is 14.0. The van der Waals surface area contributed by atoms with Crippen molar-refractivity contribution in [2.75, 3.05) is 32.6 Å². The number of hydrogen-bond donors (Lipinski definition) is 2. The Morgan fingerprint density at radius 2 is 1.75 bits per heavy atom. The monoisotopic (exact) mass is 498 g/mol. The van der Waals surface area contributed by atoms with Crippen LogP contribution in [0.5, 0.6) is 11.5 Å². The van der Waals surface area contributed by atoms with E-state index >= 15 is 0 Å². The lowest BCUT2D eigenvalue weighted by Gasteiger charge is -2.18. The molecular weight excluding hydrogens is 467 g/mol. The zero-order valence-electron chi connectivity index (χ0n) is 17.1. The fraction of sp³-hybridized carbons (Fsp3) is 0.381. The van der Waals surface area contributed by atoms with Crippen LogP contribution in [0.3, 0.4) is 0 Å². The number of aliphatic imine (C=N–C) groups is 1. The lowest BCUT2D eigenvalue weighted by atomic mass is 10.1. The van der Waals surface area contributed by atoms with Crippen LogP contribution in [0.2, 0.25) is 0 Å². The van der Waals surface area contributed by atoms with E-state index in [9.17, 15) is 0 Å². The molecule has 3 N–H and O–H groups in total. The molecule has 0 heterocycles. The number of hydrogen-bond acceptors (Lipinski definition) is 4. The van der Waals surface area contributed by atoms with E-state index in [1.165, 1.54) is 5.56 Å². The van der Waals surface area contributed by atoms with E-state index in [-0.39, 0.29) is 24.0 Å². The van der Waals surface area contributed by atoms with Crippen LogP contribution in [0, 0.1) is 0 Å². The van der Waals surface area contributed by atoms with E-state index < -0.39 is 0 Å². The second-order valence-corrected chi connectivity index (χ2v) is 6.17. The number of ether oxygens (including phenoxy) is 2. The number of nitrogens with two attached hydrogens (primary N) is 1. The first kappa shape index (κ1) is 24.0. The maximum absolute atomic E-state index is 6.06. The van der Waals surface area contributed by atoms with Gasteiger partial charge in [0.1, 0.15) is 11.5 Å². The minimum Gasteiger partial charge on any atom is -0.497 e. The Bertz CT molecular complexity index is 764. The molecular formula is C21H31IN4O2. The molecule has 154 valence electrons. The fourth-order valence-corrected chi connectivity index (χ4v) is 2.80. The van der Waals surface area contributed by atoms with Gasteiger partial charge in [-0.15, -0.1) is 24.0 Å². The lowest BCUT2D eigenvalue weighted by Crippen LogP contribution is -2.23.